The largest absolute Gasteiger partial charge is 0.478 e. The van der Waals surface area contributed by atoms with Gasteiger partial charge >= 0.3 is 0 Å². The molecule has 7 heteroatoms. The fourth-order valence-electron chi connectivity index (χ4n) is 3.40. The Morgan fingerprint density at radius 3 is 2.21 bits per heavy atom. The molecule has 1 atom stereocenters. The maximum Gasteiger partial charge on any atom is 0.271 e. The minimum Gasteiger partial charge on any atom is -0.478 e. The van der Waals surface area contributed by atoms with Crippen LogP contribution in [0.5, 0.6) is 5.75 Å². The quantitative estimate of drug-likeness (QED) is 0.698. The first-order valence-corrected chi connectivity index (χ1v) is 11.3. The predicted octanol–water partition coefficient (Wildman–Crippen LogP) is 4.46. The topological polar surface area (TPSA) is 63.7 Å². The van der Waals surface area contributed by atoms with Crippen LogP contribution in [0.25, 0.3) is 0 Å². The summed E-state index contributed by atoms with van der Waals surface area (Å²) in [4.78, 5) is 15.1. The molecular formula is C22H24ClNO4S. The number of hydrogen-bond acceptors (Lipinski definition) is 4. The van der Waals surface area contributed by atoms with Crippen LogP contribution < -0.4 is 9.64 Å². The normalized spacial score (nSPS) is 17.9. The predicted molar refractivity (Wildman–Crippen MR) is 116 cm³/mol. The molecule has 0 aromatic heterocycles. The zero-order valence-electron chi connectivity index (χ0n) is 16.8. The lowest BCUT2D eigenvalue weighted by Gasteiger charge is -2.35. The van der Waals surface area contributed by atoms with Crippen LogP contribution in [0.15, 0.2) is 53.9 Å². The summed E-state index contributed by atoms with van der Waals surface area (Å²) in [5.41, 5.74) is 1.39. The van der Waals surface area contributed by atoms with Gasteiger partial charge in [0.25, 0.3) is 5.91 Å². The van der Waals surface area contributed by atoms with E-state index < -0.39 is 21.5 Å². The summed E-state index contributed by atoms with van der Waals surface area (Å²) in [6.45, 7) is 7.23. The van der Waals surface area contributed by atoms with Gasteiger partial charge in [0.05, 0.1) is 11.8 Å². The van der Waals surface area contributed by atoms with Crippen molar-refractivity contribution in [2.24, 2.45) is 0 Å². The van der Waals surface area contributed by atoms with E-state index in [-0.39, 0.29) is 11.7 Å². The number of nitrogens with zero attached hydrogens (tertiary/aromatic N) is 1. The van der Waals surface area contributed by atoms with Crippen molar-refractivity contribution in [1.29, 1.82) is 0 Å². The minimum absolute atomic E-state index is 0.150. The third kappa shape index (κ3) is 5.00. The second-order valence-electron chi connectivity index (χ2n) is 7.81. The molecule has 1 aliphatic rings. The first-order valence-electron chi connectivity index (χ1n) is 9.24. The number of carbonyl (C=O) groups is 1. The van der Waals surface area contributed by atoms with Crippen LogP contribution in [0.1, 0.15) is 25.0 Å². The van der Waals surface area contributed by atoms with Crippen LogP contribution in [-0.2, 0) is 14.6 Å². The van der Waals surface area contributed by atoms with E-state index in [0.717, 1.165) is 11.1 Å². The number of halogens is 1. The van der Waals surface area contributed by atoms with Crippen LogP contribution >= 0.6 is 11.6 Å². The molecule has 0 saturated carbocycles. The molecule has 0 N–H and O–H groups in total. The van der Waals surface area contributed by atoms with Crippen molar-refractivity contribution in [1.82, 2.24) is 0 Å². The average molecular weight is 434 g/mol. The van der Waals surface area contributed by atoms with Gasteiger partial charge in [-0.25, -0.2) is 8.42 Å². The Morgan fingerprint density at radius 1 is 1.10 bits per heavy atom. The summed E-state index contributed by atoms with van der Waals surface area (Å²) in [6.07, 6.45) is 1.56. The number of carbonyl (C=O) groups excluding carboxylic acids is 1. The standard InChI is InChI=1S/C22H24ClNO4S/c1-15-11-16(2)13-19(12-15)24(18-9-10-29(26,27)14-18)21(25)22(3,4)28-20-7-5-17(23)6-8-20/h5-13,18H,14H2,1-4H3/t18-/m0/s1. The molecule has 0 unspecified atom stereocenters. The Balaban J connectivity index is 1.99. The Labute approximate surface area is 176 Å². The van der Waals surface area contributed by atoms with E-state index in [1.807, 2.05) is 32.0 Å². The molecule has 3 rings (SSSR count). The average Bonchev–Trinajstić information content (AvgIpc) is 2.95. The molecule has 1 aliphatic heterocycles. The molecular weight excluding hydrogens is 410 g/mol. The van der Waals surface area contributed by atoms with Crippen molar-refractivity contribution in [3.8, 4) is 5.75 Å². The van der Waals surface area contributed by atoms with Crippen LogP contribution in [0.4, 0.5) is 5.69 Å². The second kappa shape index (κ2) is 7.84. The van der Waals surface area contributed by atoms with Crippen molar-refractivity contribution in [2.45, 2.75) is 39.3 Å². The lowest BCUT2D eigenvalue weighted by Crippen LogP contribution is -2.53. The monoisotopic (exact) mass is 433 g/mol. The Hall–Kier alpha value is -2.31. The Kier molecular flexibility index (Phi) is 5.79. The van der Waals surface area contributed by atoms with Gasteiger partial charge in [-0.1, -0.05) is 17.7 Å². The maximum absolute atomic E-state index is 13.6. The van der Waals surface area contributed by atoms with Crippen LogP contribution in [-0.4, -0.2) is 31.7 Å². The summed E-state index contributed by atoms with van der Waals surface area (Å²) in [6, 6.07) is 11.9. The lowest BCUT2D eigenvalue weighted by atomic mass is 10.0. The molecule has 1 heterocycles. The Bertz CT molecular complexity index is 1040. The molecule has 2 aromatic rings. The van der Waals surface area contributed by atoms with Crippen molar-refractivity contribution in [2.75, 3.05) is 10.7 Å². The molecule has 1 amide bonds. The number of ether oxygens (including phenoxy) is 1. The Morgan fingerprint density at radius 2 is 1.69 bits per heavy atom. The maximum atomic E-state index is 13.6. The minimum atomic E-state index is -3.34. The fourth-order valence-corrected chi connectivity index (χ4v) is 4.79. The summed E-state index contributed by atoms with van der Waals surface area (Å²) in [5, 5.41) is 1.74. The van der Waals surface area contributed by atoms with Gasteiger partial charge in [-0.15, -0.1) is 0 Å². The number of hydrogen-bond donors (Lipinski definition) is 0. The molecule has 0 radical (unpaired) electrons. The molecule has 2 aromatic carbocycles. The first-order chi connectivity index (χ1) is 13.5. The van der Waals surface area contributed by atoms with Gasteiger partial charge in [0.2, 0.25) is 0 Å². The van der Waals surface area contributed by atoms with Crippen LogP contribution in [0.3, 0.4) is 0 Å². The van der Waals surface area contributed by atoms with Gasteiger partial charge in [-0.05, 0) is 81.3 Å². The van der Waals surface area contributed by atoms with Crippen molar-refractivity contribution >= 4 is 33.0 Å². The van der Waals surface area contributed by atoms with Crippen molar-refractivity contribution in [3.05, 3.63) is 70.1 Å². The smallest absolute Gasteiger partial charge is 0.271 e. The van der Waals surface area contributed by atoms with E-state index in [2.05, 4.69) is 0 Å². The van der Waals surface area contributed by atoms with Crippen LogP contribution in [0, 0.1) is 13.8 Å². The number of aryl methyl sites for hydroxylation is 2. The molecule has 0 bridgehead atoms. The van der Waals surface area contributed by atoms with E-state index in [0.29, 0.717) is 16.5 Å². The van der Waals surface area contributed by atoms with E-state index >= 15 is 0 Å². The summed E-state index contributed by atoms with van der Waals surface area (Å²) < 4.78 is 30.0. The van der Waals surface area contributed by atoms with E-state index in [4.69, 9.17) is 16.3 Å². The van der Waals surface area contributed by atoms with E-state index in [1.54, 1.807) is 44.2 Å². The molecule has 29 heavy (non-hydrogen) atoms. The number of rotatable bonds is 5. The van der Waals surface area contributed by atoms with E-state index in [9.17, 15) is 13.2 Å². The third-order valence-corrected chi connectivity index (χ3v) is 6.28. The number of benzene rings is 2. The highest BCUT2D eigenvalue weighted by Crippen LogP contribution is 2.30. The molecule has 154 valence electrons. The number of amides is 1. The van der Waals surface area contributed by atoms with Crippen molar-refractivity contribution in [3.63, 3.8) is 0 Å². The highest BCUT2D eigenvalue weighted by molar-refractivity contribution is 7.94. The third-order valence-electron chi connectivity index (χ3n) is 4.65. The number of anilines is 1. The zero-order chi connectivity index (χ0) is 21.4. The zero-order valence-corrected chi connectivity index (χ0v) is 18.4. The number of sulfone groups is 1. The van der Waals surface area contributed by atoms with Gasteiger partial charge in [-0.2, -0.15) is 0 Å². The highest BCUT2D eigenvalue weighted by atomic mass is 35.5. The summed E-state index contributed by atoms with van der Waals surface area (Å²) in [5.74, 6) is 0.0230. The molecule has 0 saturated heterocycles. The summed E-state index contributed by atoms with van der Waals surface area (Å²) in [7, 11) is -3.34. The van der Waals surface area contributed by atoms with Crippen LogP contribution in [0.2, 0.25) is 5.02 Å². The van der Waals surface area contributed by atoms with Gasteiger partial charge in [-0.3, -0.25) is 4.79 Å². The van der Waals surface area contributed by atoms with Gasteiger partial charge in [0.15, 0.2) is 15.4 Å². The first kappa shape index (κ1) is 21.4. The lowest BCUT2D eigenvalue weighted by molar-refractivity contribution is -0.131. The van der Waals surface area contributed by atoms with Gasteiger partial charge in [0, 0.05) is 16.1 Å². The molecule has 5 nitrogen and oxygen atoms in total. The molecule has 0 spiro atoms. The molecule has 0 fully saturated rings. The summed E-state index contributed by atoms with van der Waals surface area (Å²) >= 11 is 5.92. The van der Waals surface area contributed by atoms with Gasteiger partial charge < -0.3 is 9.64 Å². The molecule has 0 aliphatic carbocycles. The van der Waals surface area contributed by atoms with Gasteiger partial charge in [0.1, 0.15) is 5.75 Å². The SMILES string of the molecule is Cc1cc(C)cc(N(C(=O)C(C)(C)Oc2ccc(Cl)cc2)[C@H]2C=CS(=O)(=O)C2)c1. The second-order valence-corrected chi connectivity index (χ2v) is 10.2. The highest BCUT2D eigenvalue weighted by Gasteiger charge is 2.40. The van der Waals surface area contributed by atoms with E-state index in [1.165, 1.54) is 10.3 Å². The fraction of sp³-hybridized carbons (Fsp3) is 0.318. The van der Waals surface area contributed by atoms with Crippen molar-refractivity contribution < 1.29 is 17.9 Å².